The molecule has 2 heterocycles. The van der Waals surface area contributed by atoms with Gasteiger partial charge in [-0.25, -0.2) is 4.68 Å². The fraction of sp³-hybridized carbons (Fsp3) is 0.438. The van der Waals surface area contributed by atoms with Gasteiger partial charge >= 0.3 is 7.60 Å². The average Bonchev–Trinajstić information content (AvgIpc) is 2.98. The summed E-state index contributed by atoms with van der Waals surface area (Å²) in [4.78, 5) is 38.1. The van der Waals surface area contributed by atoms with Gasteiger partial charge in [-0.05, 0) is 31.9 Å². The van der Waals surface area contributed by atoms with E-state index in [0.717, 1.165) is 0 Å². The molecule has 2 aromatic heterocycles. The van der Waals surface area contributed by atoms with Crippen molar-refractivity contribution in [3.8, 4) is 5.69 Å². The Morgan fingerprint density at radius 3 is 2.46 bits per heavy atom. The van der Waals surface area contributed by atoms with Gasteiger partial charge in [0, 0.05) is 12.7 Å². The number of anilines is 1. The van der Waals surface area contributed by atoms with Crippen molar-refractivity contribution in [3.05, 3.63) is 35.9 Å². The number of rotatable bonds is 7. The molecule has 10 heteroatoms. The summed E-state index contributed by atoms with van der Waals surface area (Å²) in [6.07, 6.45) is 4.78. The van der Waals surface area contributed by atoms with Crippen molar-refractivity contribution in [2.75, 3.05) is 11.4 Å². The molecular formula is C16H22ClN4O4P. The van der Waals surface area contributed by atoms with Crippen molar-refractivity contribution >= 4 is 30.8 Å². The van der Waals surface area contributed by atoms with Crippen LogP contribution < -0.4 is 4.90 Å². The molecule has 0 spiro atoms. The number of aromatic nitrogens is 3. The van der Waals surface area contributed by atoms with Gasteiger partial charge in [-0.1, -0.05) is 25.4 Å². The lowest BCUT2D eigenvalue weighted by Gasteiger charge is -2.35. The van der Waals surface area contributed by atoms with Crippen molar-refractivity contribution in [2.45, 2.75) is 38.8 Å². The third-order valence-corrected chi connectivity index (χ3v) is 6.75. The molecule has 0 atom stereocenters. The number of carbonyl (C=O) groups is 1. The summed E-state index contributed by atoms with van der Waals surface area (Å²) < 4.78 is 13.6. The first-order valence-electron chi connectivity index (χ1n) is 8.25. The quantitative estimate of drug-likeness (QED) is 0.691. The van der Waals surface area contributed by atoms with Crippen molar-refractivity contribution < 1.29 is 19.1 Å². The normalized spacial score (nSPS) is 12.2. The molecule has 0 fully saturated rings. The van der Waals surface area contributed by atoms with E-state index >= 15 is 0 Å². The number of hydrogen-bond acceptors (Lipinski definition) is 4. The summed E-state index contributed by atoms with van der Waals surface area (Å²) in [5.41, 5.74) is 0.944. The van der Waals surface area contributed by atoms with Crippen LogP contribution in [-0.4, -0.2) is 42.2 Å². The molecule has 26 heavy (non-hydrogen) atoms. The number of hydrogen-bond donors (Lipinski definition) is 2. The Kier molecular flexibility index (Phi) is 6.24. The number of carbonyl (C=O) groups excluding carboxylic acids is 1. The molecule has 0 unspecified atom stereocenters. The van der Waals surface area contributed by atoms with Crippen molar-refractivity contribution in [3.63, 3.8) is 0 Å². The Bertz CT molecular complexity index is 817. The molecule has 0 aliphatic carbocycles. The lowest BCUT2D eigenvalue weighted by Crippen LogP contribution is -2.48. The van der Waals surface area contributed by atoms with E-state index in [4.69, 9.17) is 11.6 Å². The van der Waals surface area contributed by atoms with Gasteiger partial charge in [0.25, 0.3) is 0 Å². The molecule has 2 rings (SSSR count). The van der Waals surface area contributed by atoms with Gasteiger partial charge in [0.2, 0.25) is 5.91 Å². The van der Waals surface area contributed by atoms with Gasteiger partial charge < -0.3 is 14.7 Å². The van der Waals surface area contributed by atoms with E-state index < -0.39 is 18.7 Å². The largest absolute Gasteiger partial charge is 0.341 e. The maximum Gasteiger partial charge on any atom is 0.341 e. The SMILES string of the molecule is CCN(C(=O)C(CC)(CC)P(=O)(O)O)c1cn(-c2cccnc2)nc1Cl. The zero-order chi connectivity index (χ0) is 19.5. The monoisotopic (exact) mass is 400 g/mol. The first-order chi connectivity index (χ1) is 12.2. The Morgan fingerprint density at radius 1 is 1.35 bits per heavy atom. The van der Waals surface area contributed by atoms with E-state index in [1.54, 1.807) is 51.5 Å². The van der Waals surface area contributed by atoms with Crippen LogP contribution in [-0.2, 0) is 9.36 Å². The topological polar surface area (TPSA) is 109 Å². The molecule has 2 aromatic rings. The number of halogens is 1. The summed E-state index contributed by atoms with van der Waals surface area (Å²) in [6, 6.07) is 3.51. The van der Waals surface area contributed by atoms with E-state index in [1.807, 2.05) is 0 Å². The van der Waals surface area contributed by atoms with E-state index in [2.05, 4.69) is 10.1 Å². The highest BCUT2D eigenvalue weighted by atomic mass is 35.5. The molecule has 0 aliphatic heterocycles. The molecule has 0 saturated carbocycles. The van der Waals surface area contributed by atoms with E-state index in [0.29, 0.717) is 11.4 Å². The van der Waals surface area contributed by atoms with Gasteiger partial charge in [-0.2, -0.15) is 5.10 Å². The van der Waals surface area contributed by atoms with Crippen LogP contribution in [0.5, 0.6) is 0 Å². The lowest BCUT2D eigenvalue weighted by molar-refractivity contribution is -0.121. The Labute approximate surface area is 157 Å². The van der Waals surface area contributed by atoms with Gasteiger partial charge in [0.05, 0.1) is 18.1 Å². The van der Waals surface area contributed by atoms with Crippen LogP contribution in [0.15, 0.2) is 30.7 Å². The second-order valence-electron chi connectivity index (χ2n) is 5.79. The molecule has 0 saturated heterocycles. The highest BCUT2D eigenvalue weighted by Gasteiger charge is 2.52. The maximum absolute atomic E-state index is 13.1. The predicted molar refractivity (Wildman–Crippen MR) is 99.8 cm³/mol. The Morgan fingerprint density at radius 2 is 2.00 bits per heavy atom. The van der Waals surface area contributed by atoms with Crippen LogP contribution in [0.4, 0.5) is 5.69 Å². The first-order valence-corrected chi connectivity index (χ1v) is 10.2. The highest BCUT2D eigenvalue weighted by molar-refractivity contribution is 7.54. The molecule has 2 N–H and O–H groups in total. The minimum atomic E-state index is -4.69. The predicted octanol–water partition coefficient (Wildman–Crippen LogP) is 3.01. The minimum absolute atomic E-state index is 0.0114. The molecule has 0 radical (unpaired) electrons. The number of amides is 1. The fourth-order valence-electron chi connectivity index (χ4n) is 2.91. The van der Waals surface area contributed by atoms with Crippen LogP contribution in [0.25, 0.3) is 5.69 Å². The van der Waals surface area contributed by atoms with Gasteiger partial charge in [0.15, 0.2) is 10.3 Å². The molecule has 8 nitrogen and oxygen atoms in total. The van der Waals surface area contributed by atoms with E-state index in [-0.39, 0.29) is 24.5 Å². The van der Waals surface area contributed by atoms with Crippen LogP contribution in [0, 0.1) is 0 Å². The van der Waals surface area contributed by atoms with Crippen molar-refractivity contribution in [2.24, 2.45) is 0 Å². The second kappa shape index (κ2) is 7.88. The smallest absolute Gasteiger partial charge is 0.324 e. The number of nitrogens with zero attached hydrogens (tertiary/aromatic N) is 4. The summed E-state index contributed by atoms with van der Waals surface area (Å²) in [6.45, 7) is 5.09. The third-order valence-electron chi connectivity index (χ3n) is 4.54. The molecule has 1 amide bonds. The van der Waals surface area contributed by atoms with Crippen molar-refractivity contribution in [1.29, 1.82) is 0 Å². The summed E-state index contributed by atoms with van der Waals surface area (Å²) in [5.74, 6) is -0.661. The molecule has 0 aliphatic rings. The second-order valence-corrected chi connectivity index (χ2v) is 8.10. The van der Waals surface area contributed by atoms with E-state index in [1.165, 1.54) is 9.58 Å². The lowest BCUT2D eigenvalue weighted by atomic mass is 10.00. The van der Waals surface area contributed by atoms with Crippen molar-refractivity contribution in [1.82, 2.24) is 14.8 Å². The van der Waals surface area contributed by atoms with Crippen LogP contribution in [0.2, 0.25) is 5.15 Å². The molecule has 0 aromatic carbocycles. The van der Waals surface area contributed by atoms with Gasteiger partial charge in [-0.3, -0.25) is 14.3 Å². The fourth-order valence-corrected chi connectivity index (χ4v) is 4.34. The highest BCUT2D eigenvalue weighted by Crippen LogP contribution is 2.55. The van der Waals surface area contributed by atoms with Crippen LogP contribution in [0.3, 0.4) is 0 Å². The summed E-state index contributed by atoms with van der Waals surface area (Å²) in [5, 5.41) is 2.46. The Balaban J connectivity index is 2.50. The average molecular weight is 401 g/mol. The molecule has 142 valence electrons. The van der Waals surface area contributed by atoms with Crippen LogP contribution in [0.1, 0.15) is 33.6 Å². The zero-order valence-corrected chi connectivity index (χ0v) is 16.5. The van der Waals surface area contributed by atoms with E-state index in [9.17, 15) is 19.1 Å². The molecule has 0 bridgehead atoms. The first kappa shape index (κ1) is 20.6. The van der Waals surface area contributed by atoms with Gasteiger partial charge in [0.1, 0.15) is 5.69 Å². The zero-order valence-electron chi connectivity index (χ0n) is 14.8. The van der Waals surface area contributed by atoms with Gasteiger partial charge in [-0.15, -0.1) is 0 Å². The Hall–Kier alpha value is -1.73. The summed E-state index contributed by atoms with van der Waals surface area (Å²) >= 11 is 6.22. The summed E-state index contributed by atoms with van der Waals surface area (Å²) in [7, 11) is -4.69. The number of pyridine rings is 1. The molecular weight excluding hydrogens is 379 g/mol. The minimum Gasteiger partial charge on any atom is -0.324 e. The standard InChI is InChI=1S/C16H22ClN4O4P/c1-4-16(5-2,26(23,24)25)15(22)20(6-3)13-11-21(19-14(13)17)12-8-7-9-18-10-12/h7-11H,4-6H2,1-3H3,(H2,23,24,25). The maximum atomic E-state index is 13.1. The third kappa shape index (κ3) is 3.55. The van der Waals surface area contributed by atoms with Crippen LogP contribution >= 0.6 is 19.2 Å².